The minimum Gasteiger partial charge on any atom is -0.314 e. The number of nitrogens with zero attached hydrogens (tertiary/aromatic N) is 3. The molecule has 0 aliphatic carbocycles. The molecule has 0 saturated carbocycles. The lowest BCUT2D eigenvalue weighted by Gasteiger charge is -2.29. The Morgan fingerprint density at radius 1 is 0.935 bits per heavy atom. The number of hydroxylamine groups is 2. The molecule has 0 fully saturated rings. The highest BCUT2D eigenvalue weighted by atomic mass is 16.5. The van der Waals surface area contributed by atoms with Crippen LogP contribution in [0.2, 0.25) is 0 Å². The summed E-state index contributed by atoms with van der Waals surface area (Å²) in [6.45, 7) is 4.43. The first-order chi connectivity index (χ1) is 15.3. The Hall–Kier alpha value is -2.79. The Bertz CT molecular complexity index is 1190. The number of para-hydroxylation sites is 1. The number of benzene rings is 3. The fraction of sp³-hybridized carbons (Fsp3) is 0.296. The molecule has 31 heavy (non-hydrogen) atoms. The summed E-state index contributed by atoms with van der Waals surface area (Å²) in [6, 6.07) is 23.5. The van der Waals surface area contributed by atoms with Crippen LogP contribution in [0.25, 0.3) is 21.7 Å². The van der Waals surface area contributed by atoms with Gasteiger partial charge in [-0.25, -0.2) is 0 Å². The lowest BCUT2D eigenvalue weighted by atomic mass is 9.93. The molecule has 0 atom stereocenters. The van der Waals surface area contributed by atoms with E-state index in [4.69, 9.17) is 0 Å². The van der Waals surface area contributed by atoms with Crippen LogP contribution in [0.4, 0.5) is 0 Å². The van der Waals surface area contributed by atoms with E-state index >= 15 is 0 Å². The summed E-state index contributed by atoms with van der Waals surface area (Å²) in [5.74, 6) is 0. The van der Waals surface area contributed by atoms with Crippen LogP contribution < -0.4 is 0 Å². The molecule has 0 unspecified atom stereocenters. The molecule has 1 aromatic heterocycles. The molecule has 0 spiro atoms. The summed E-state index contributed by atoms with van der Waals surface area (Å²) in [5, 5.41) is 15.6. The van der Waals surface area contributed by atoms with Crippen LogP contribution in [-0.2, 0) is 19.5 Å². The summed E-state index contributed by atoms with van der Waals surface area (Å²) in [6.07, 6.45) is 5.06. The standard InChI is InChI=1S/C27H29N3O/c31-30(19-21-17-23-8-2-4-10-27(23)28-18-21)15-6-5-14-29-16-13-26-24(20-29)12-11-22-7-1-3-9-25(22)26/h1-4,7-12,17-18,31H,5-6,13-16,19-20H2. The maximum absolute atomic E-state index is 10.3. The first kappa shape index (κ1) is 20.1. The molecule has 4 aromatic rings. The van der Waals surface area contributed by atoms with Crippen molar-refractivity contribution in [2.75, 3.05) is 19.6 Å². The van der Waals surface area contributed by atoms with Gasteiger partial charge in [-0.05, 0) is 65.4 Å². The number of unbranched alkanes of at least 4 members (excludes halogenated alkanes) is 1. The smallest absolute Gasteiger partial charge is 0.0702 e. The minimum absolute atomic E-state index is 0.516. The van der Waals surface area contributed by atoms with Gasteiger partial charge in [-0.2, -0.15) is 5.06 Å². The maximum atomic E-state index is 10.3. The topological polar surface area (TPSA) is 39.6 Å². The Kier molecular flexibility index (Phi) is 5.94. The fourth-order valence-electron chi connectivity index (χ4n) is 4.73. The number of pyridine rings is 1. The SMILES string of the molecule is ON(CCCCN1CCc2c(ccc3ccccc23)C1)Cc1cnc2ccccc2c1. The van der Waals surface area contributed by atoms with Crippen LogP contribution in [-0.4, -0.2) is 39.8 Å². The predicted octanol–water partition coefficient (Wildman–Crippen LogP) is 5.42. The van der Waals surface area contributed by atoms with Gasteiger partial charge in [0, 0.05) is 31.2 Å². The van der Waals surface area contributed by atoms with Crippen LogP contribution in [0.15, 0.2) is 72.9 Å². The Balaban J connectivity index is 1.09. The fourth-order valence-corrected chi connectivity index (χ4v) is 4.73. The monoisotopic (exact) mass is 411 g/mol. The molecular formula is C27H29N3O. The number of hydrogen-bond donors (Lipinski definition) is 1. The summed E-state index contributed by atoms with van der Waals surface area (Å²) in [4.78, 5) is 7.03. The lowest BCUT2D eigenvalue weighted by Crippen LogP contribution is -2.32. The third-order valence-electron chi connectivity index (χ3n) is 6.36. The quantitative estimate of drug-likeness (QED) is 0.326. The van der Waals surface area contributed by atoms with Crippen molar-refractivity contribution in [1.29, 1.82) is 0 Å². The summed E-state index contributed by atoms with van der Waals surface area (Å²) >= 11 is 0. The molecule has 0 bridgehead atoms. The van der Waals surface area contributed by atoms with E-state index in [1.807, 2.05) is 24.4 Å². The van der Waals surface area contributed by atoms with E-state index in [2.05, 4.69) is 58.4 Å². The van der Waals surface area contributed by atoms with Crippen LogP contribution in [0.1, 0.15) is 29.5 Å². The van der Waals surface area contributed by atoms with E-state index in [0.717, 1.165) is 55.4 Å². The second-order valence-corrected chi connectivity index (χ2v) is 8.58. The van der Waals surface area contributed by atoms with Crippen molar-refractivity contribution in [1.82, 2.24) is 14.9 Å². The van der Waals surface area contributed by atoms with Gasteiger partial charge in [-0.15, -0.1) is 0 Å². The second-order valence-electron chi connectivity index (χ2n) is 8.58. The second kappa shape index (κ2) is 9.15. The average molecular weight is 412 g/mol. The largest absolute Gasteiger partial charge is 0.314 e. The van der Waals surface area contributed by atoms with Crippen molar-refractivity contribution in [3.63, 3.8) is 0 Å². The molecule has 3 aromatic carbocycles. The van der Waals surface area contributed by atoms with Gasteiger partial charge in [0.25, 0.3) is 0 Å². The highest BCUT2D eigenvalue weighted by molar-refractivity contribution is 5.87. The Morgan fingerprint density at radius 3 is 2.71 bits per heavy atom. The van der Waals surface area contributed by atoms with Crippen LogP contribution >= 0.6 is 0 Å². The van der Waals surface area contributed by atoms with E-state index in [1.165, 1.54) is 27.0 Å². The zero-order valence-electron chi connectivity index (χ0n) is 17.9. The summed E-state index contributed by atoms with van der Waals surface area (Å²) in [5.41, 5.74) is 5.03. The molecule has 1 N–H and O–H groups in total. The predicted molar refractivity (Wildman–Crippen MR) is 126 cm³/mol. The molecule has 158 valence electrons. The van der Waals surface area contributed by atoms with E-state index in [9.17, 15) is 5.21 Å². The highest BCUT2D eigenvalue weighted by Gasteiger charge is 2.17. The van der Waals surface area contributed by atoms with E-state index in [-0.39, 0.29) is 0 Å². The number of fused-ring (bicyclic) bond motifs is 4. The molecule has 1 aliphatic rings. The van der Waals surface area contributed by atoms with Gasteiger partial charge in [0.2, 0.25) is 0 Å². The lowest BCUT2D eigenvalue weighted by molar-refractivity contribution is -0.100. The van der Waals surface area contributed by atoms with Crippen LogP contribution in [0.5, 0.6) is 0 Å². The van der Waals surface area contributed by atoms with Gasteiger partial charge in [0.1, 0.15) is 0 Å². The molecule has 0 amide bonds. The van der Waals surface area contributed by atoms with Crippen molar-refractivity contribution in [2.24, 2.45) is 0 Å². The van der Waals surface area contributed by atoms with Crippen molar-refractivity contribution in [2.45, 2.75) is 32.4 Å². The molecule has 2 heterocycles. The van der Waals surface area contributed by atoms with Crippen LogP contribution in [0.3, 0.4) is 0 Å². The van der Waals surface area contributed by atoms with E-state index < -0.39 is 0 Å². The number of aromatic nitrogens is 1. The summed E-state index contributed by atoms with van der Waals surface area (Å²) in [7, 11) is 0. The van der Waals surface area contributed by atoms with Crippen molar-refractivity contribution in [3.05, 3.63) is 89.6 Å². The highest BCUT2D eigenvalue weighted by Crippen LogP contribution is 2.27. The van der Waals surface area contributed by atoms with Crippen molar-refractivity contribution >= 4 is 21.7 Å². The van der Waals surface area contributed by atoms with Gasteiger partial charge in [-0.1, -0.05) is 54.6 Å². The molecule has 5 rings (SSSR count). The van der Waals surface area contributed by atoms with Gasteiger partial charge >= 0.3 is 0 Å². The molecular weight excluding hydrogens is 382 g/mol. The third kappa shape index (κ3) is 4.62. The maximum Gasteiger partial charge on any atom is 0.0702 e. The average Bonchev–Trinajstić information content (AvgIpc) is 2.81. The van der Waals surface area contributed by atoms with Gasteiger partial charge in [0.15, 0.2) is 0 Å². The molecule has 0 radical (unpaired) electrons. The first-order valence-corrected chi connectivity index (χ1v) is 11.3. The van der Waals surface area contributed by atoms with Gasteiger partial charge in [0.05, 0.1) is 12.1 Å². The van der Waals surface area contributed by atoms with Crippen molar-refractivity contribution < 1.29 is 5.21 Å². The minimum atomic E-state index is 0.516. The molecule has 4 nitrogen and oxygen atoms in total. The third-order valence-corrected chi connectivity index (χ3v) is 6.36. The molecule has 4 heteroatoms. The molecule has 0 saturated heterocycles. The van der Waals surface area contributed by atoms with E-state index in [1.54, 1.807) is 0 Å². The number of hydrogen-bond acceptors (Lipinski definition) is 4. The molecule has 1 aliphatic heterocycles. The zero-order valence-corrected chi connectivity index (χ0v) is 17.9. The van der Waals surface area contributed by atoms with Gasteiger partial charge in [-0.3, -0.25) is 9.88 Å². The number of rotatable bonds is 7. The zero-order chi connectivity index (χ0) is 21.0. The summed E-state index contributed by atoms with van der Waals surface area (Å²) < 4.78 is 0. The van der Waals surface area contributed by atoms with Gasteiger partial charge < -0.3 is 5.21 Å². The normalized spacial score (nSPS) is 14.4. The Morgan fingerprint density at radius 2 is 1.77 bits per heavy atom. The van der Waals surface area contributed by atoms with E-state index in [0.29, 0.717) is 13.1 Å². The van der Waals surface area contributed by atoms with Crippen LogP contribution in [0, 0.1) is 0 Å². The first-order valence-electron chi connectivity index (χ1n) is 11.3. The Labute approximate surface area is 183 Å². The van der Waals surface area contributed by atoms with Crippen molar-refractivity contribution in [3.8, 4) is 0 Å².